The van der Waals surface area contributed by atoms with E-state index in [4.69, 9.17) is 16.7 Å². The van der Waals surface area contributed by atoms with Crippen molar-refractivity contribution in [3.8, 4) is 0 Å². The summed E-state index contributed by atoms with van der Waals surface area (Å²) in [5, 5.41) is 9.77. The number of imidazole rings is 1. The Morgan fingerprint density at radius 2 is 2.26 bits per heavy atom. The number of para-hydroxylation sites is 1. The van der Waals surface area contributed by atoms with E-state index in [2.05, 4.69) is 4.98 Å². The lowest BCUT2D eigenvalue weighted by Crippen LogP contribution is -2.10. The van der Waals surface area contributed by atoms with Crippen LogP contribution in [-0.4, -0.2) is 20.6 Å². The van der Waals surface area contributed by atoms with E-state index >= 15 is 0 Å². The van der Waals surface area contributed by atoms with Crippen molar-refractivity contribution in [2.24, 2.45) is 13.0 Å². The number of benzene rings is 1. The molecule has 0 saturated heterocycles. The van der Waals surface area contributed by atoms with Crippen LogP contribution in [-0.2, 0) is 11.8 Å². The van der Waals surface area contributed by atoms with Crippen molar-refractivity contribution in [1.82, 2.24) is 9.55 Å². The van der Waals surface area contributed by atoms with E-state index in [1.165, 1.54) is 0 Å². The molecule has 4 nitrogen and oxygen atoms in total. The van der Waals surface area contributed by atoms with E-state index < -0.39 is 5.97 Å². The van der Waals surface area contributed by atoms with Crippen LogP contribution < -0.4 is 0 Å². The summed E-state index contributed by atoms with van der Waals surface area (Å²) in [6.45, 7) is 0. The van der Waals surface area contributed by atoms with Crippen LogP contribution in [0.4, 0.5) is 0 Å². The molecule has 0 amide bonds. The van der Waals surface area contributed by atoms with Crippen LogP contribution in [0.2, 0.25) is 5.02 Å². The minimum absolute atomic E-state index is 0.217. The first-order valence-corrected chi connectivity index (χ1v) is 6.79. The molecule has 1 saturated carbocycles. The number of nitrogens with zero attached hydrogens (tertiary/aromatic N) is 2. The van der Waals surface area contributed by atoms with Gasteiger partial charge >= 0.3 is 5.97 Å². The Hall–Kier alpha value is -1.55. The van der Waals surface area contributed by atoms with Gasteiger partial charge in [-0.15, -0.1) is 0 Å². The number of halogens is 1. The molecule has 19 heavy (non-hydrogen) atoms. The van der Waals surface area contributed by atoms with Crippen molar-refractivity contribution in [2.75, 3.05) is 0 Å². The lowest BCUT2D eigenvalue weighted by molar-refractivity contribution is -0.141. The third-order valence-electron chi connectivity index (χ3n) is 4.03. The molecule has 3 rings (SSSR count). The standard InChI is InChI=1S/C14H15ClN2O2/c1-17-12-10(15)3-2-4-11(12)16-13(17)8-5-6-9(7-8)14(18)19/h2-4,8-9H,5-7H2,1H3,(H,18,19). The molecule has 1 heterocycles. The van der Waals surface area contributed by atoms with E-state index in [1.807, 2.05) is 29.8 Å². The van der Waals surface area contributed by atoms with Crippen molar-refractivity contribution in [2.45, 2.75) is 25.2 Å². The monoisotopic (exact) mass is 278 g/mol. The smallest absolute Gasteiger partial charge is 0.306 e. The number of hydrogen-bond acceptors (Lipinski definition) is 2. The lowest BCUT2D eigenvalue weighted by atomic mass is 10.0. The normalized spacial score (nSPS) is 23.1. The number of rotatable bonds is 2. The van der Waals surface area contributed by atoms with Crippen molar-refractivity contribution in [3.05, 3.63) is 29.0 Å². The number of fused-ring (bicyclic) bond motifs is 1. The summed E-state index contributed by atoms with van der Waals surface area (Å²) in [6.07, 6.45) is 2.28. The van der Waals surface area contributed by atoms with Crippen molar-refractivity contribution in [1.29, 1.82) is 0 Å². The van der Waals surface area contributed by atoms with Gasteiger partial charge in [-0.2, -0.15) is 0 Å². The van der Waals surface area contributed by atoms with Crippen LogP contribution >= 0.6 is 11.6 Å². The molecule has 1 aliphatic carbocycles. The molecule has 1 fully saturated rings. The van der Waals surface area contributed by atoms with E-state index in [0.717, 1.165) is 29.7 Å². The highest BCUT2D eigenvalue weighted by molar-refractivity contribution is 6.35. The van der Waals surface area contributed by atoms with Gasteiger partial charge in [-0.1, -0.05) is 17.7 Å². The molecule has 0 spiro atoms. The topological polar surface area (TPSA) is 55.1 Å². The fraction of sp³-hybridized carbons (Fsp3) is 0.429. The number of carbonyl (C=O) groups is 1. The van der Waals surface area contributed by atoms with Crippen LogP contribution in [0.3, 0.4) is 0 Å². The molecule has 1 N–H and O–H groups in total. The van der Waals surface area contributed by atoms with Gasteiger partial charge in [0.05, 0.1) is 22.0 Å². The molecular formula is C14H15ClN2O2. The predicted octanol–water partition coefficient (Wildman–Crippen LogP) is 3.20. The Bertz CT molecular complexity index is 650. The average Bonchev–Trinajstić information content (AvgIpc) is 2.95. The zero-order valence-electron chi connectivity index (χ0n) is 10.6. The Morgan fingerprint density at radius 3 is 2.89 bits per heavy atom. The van der Waals surface area contributed by atoms with Gasteiger partial charge in [-0.05, 0) is 31.4 Å². The van der Waals surface area contributed by atoms with E-state index in [9.17, 15) is 4.79 Å². The van der Waals surface area contributed by atoms with Crippen molar-refractivity contribution >= 4 is 28.6 Å². The molecule has 1 aromatic heterocycles. The third kappa shape index (κ3) is 2.00. The summed E-state index contributed by atoms with van der Waals surface area (Å²) in [5.41, 5.74) is 1.81. The van der Waals surface area contributed by atoms with E-state index in [0.29, 0.717) is 11.4 Å². The Kier molecular flexibility index (Phi) is 2.97. The minimum Gasteiger partial charge on any atom is -0.481 e. The van der Waals surface area contributed by atoms with E-state index in [-0.39, 0.29) is 11.8 Å². The van der Waals surface area contributed by atoms with Crippen LogP contribution in [0, 0.1) is 5.92 Å². The summed E-state index contributed by atoms with van der Waals surface area (Å²) in [7, 11) is 1.95. The number of aromatic nitrogens is 2. The number of hydrogen-bond donors (Lipinski definition) is 1. The maximum absolute atomic E-state index is 11.0. The van der Waals surface area contributed by atoms with Gasteiger partial charge in [0.2, 0.25) is 0 Å². The van der Waals surface area contributed by atoms with Gasteiger partial charge in [0.1, 0.15) is 5.82 Å². The van der Waals surface area contributed by atoms with Crippen LogP contribution in [0.5, 0.6) is 0 Å². The first-order chi connectivity index (χ1) is 9.08. The quantitative estimate of drug-likeness (QED) is 0.918. The predicted molar refractivity (Wildman–Crippen MR) is 73.4 cm³/mol. The second kappa shape index (κ2) is 4.53. The maximum Gasteiger partial charge on any atom is 0.306 e. The SMILES string of the molecule is Cn1c(C2CCC(C(=O)O)C2)nc2cccc(Cl)c21. The van der Waals surface area contributed by atoms with Gasteiger partial charge in [0, 0.05) is 13.0 Å². The number of carboxylic acid groups (broad SMARTS) is 1. The molecular weight excluding hydrogens is 264 g/mol. The van der Waals surface area contributed by atoms with Crippen LogP contribution in [0.15, 0.2) is 18.2 Å². The number of carboxylic acids is 1. The Labute approximate surface area is 116 Å². The summed E-state index contributed by atoms with van der Waals surface area (Å²) in [6, 6.07) is 5.68. The first-order valence-electron chi connectivity index (χ1n) is 6.41. The van der Waals surface area contributed by atoms with Crippen molar-refractivity contribution in [3.63, 3.8) is 0 Å². The maximum atomic E-state index is 11.0. The van der Waals surface area contributed by atoms with Gasteiger partial charge in [-0.3, -0.25) is 4.79 Å². The van der Waals surface area contributed by atoms with Crippen LogP contribution in [0.1, 0.15) is 31.0 Å². The zero-order chi connectivity index (χ0) is 13.6. The molecule has 1 aliphatic rings. The molecule has 0 aliphatic heterocycles. The highest BCUT2D eigenvalue weighted by Crippen LogP contribution is 2.39. The largest absolute Gasteiger partial charge is 0.481 e. The molecule has 5 heteroatoms. The third-order valence-corrected chi connectivity index (χ3v) is 4.33. The highest BCUT2D eigenvalue weighted by Gasteiger charge is 2.33. The minimum atomic E-state index is -0.695. The molecule has 2 unspecified atom stereocenters. The summed E-state index contributed by atoms with van der Waals surface area (Å²) in [4.78, 5) is 15.7. The zero-order valence-corrected chi connectivity index (χ0v) is 11.4. The molecule has 0 bridgehead atoms. The number of aliphatic carboxylic acids is 1. The number of aryl methyl sites for hydroxylation is 1. The van der Waals surface area contributed by atoms with Gasteiger partial charge in [-0.25, -0.2) is 4.98 Å². The molecule has 0 radical (unpaired) electrons. The van der Waals surface area contributed by atoms with Gasteiger partial charge < -0.3 is 9.67 Å². The average molecular weight is 279 g/mol. The fourth-order valence-electron chi connectivity index (χ4n) is 3.04. The van der Waals surface area contributed by atoms with Gasteiger partial charge in [0.25, 0.3) is 0 Å². The summed E-state index contributed by atoms with van der Waals surface area (Å²) in [5.74, 6) is 0.237. The van der Waals surface area contributed by atoms with Gasteiger partial charge in [0.15, 0.2) is 0 Å². The second-order valence-electron chi connectivity index (χ2n) is 5.18. The Balaban J connectivity index is 2.00. The Morgan fingerprint density at radius 1 is 1.47 bits per heavy atom. The molecule has 100 valence electrons. The van der Waals surface area contributed by atoms with Crippen LogP contribution in [0.25, 0.3) is 11.0 Å². The first kappa shape index (κ1) is 12.5. The molecule has 2 atom stereocenters. The summed E-state index contributed by atoms with van der Waals surface area (Å²) >= 11 is 6.21. The van der Waals surface area contributed by atoms with E-state index in [1.54, 1.807) is 0 Å². The molecule has 2 aromatic rings. The molecule has 1 aromatic carbocycles. The second-order valence-corrected chi connectivity index (χ2v) is 5.59. The summed E-state index contributed by atoms with van der Waals surface area (Å²) < 4.78 is 2.01. The highest BCUT2D eigenvalue weighted by atomic mass is 35.5. The van der Waals surface area contributed by atoms with Crippen molar-refractivity contribution < 1.29 is 9.90 Å². The fourth-order valence-corrected chi connectivity index (χ4v) is 3.34. The lowest BCUT2D eigenvalue weighted by Gasteiger charge is -2.09.